The molecular weight excluding hydrogens is 515 g/mol. The van der Waals surface area contributed by atoms with E-state index in [4.69, 9.17) is 20.5 Å². The van der Waals surface area contributed by atoms with E-state index in [1.165, 1.54) is 64.2 Å². The minimum atomic E-state index is -3.96. The lowest BCUT2D eigenvalue weighted by Gasteiger charge is -2.35. The van der Waals surface area contributed by atoms with Crippen LogP contribution in [-0.4, -0.2) is 95.8 Å². The van der Waals surface area contributed by atoms with Crippen molar-refractivity contribution in [2.24, 2.45) is 11.8 Å². The third-order valence-corrected chi connectivity index (χ3v) is 9.36. The van der Waals surface area contributed by atoms with Crippen LogP contribution in [0.1, 0.15) is 64.2 Å². The number of hydrogen-bond acceptors (Lipinski definition) is 9. The first-order valence-electron chi connectivity index (χ1n) is 15.2. The molecule has 0 radical (unpaired) electrons. The fourth-order valence-electron chi connectivity index (χ4n) is 6.31. The third kappa shape index (κ3) is 11.1. The first kappa shape index (κ1) is 30.5. The number of nitrogens with zero attached hydrogens (tertiary/aromatic N) is 4. The zero-order chi connectivity index (χ0) is 27.5. The molecule has 0 unspecified atom stereocenters. The predicted molar refractivity (Wildman–Crippen MR) is 158 cm³/mol. The quantitative estimate of drug-likeness (QED) is 0.146. The van der Waals surface area contributed by atoms with Gasteiger partial charge in [-0.15, -0.1) is 0 Å². The average molecular weight is 567 g/mol. The Morgan fingerprint density at radius 2 is 1.69 bits per heavy atom. The molecule has 3 aliphatic rings. The fourth-order valence-corrected chi connectivity index (χ4v) is 6.85. The first-order chi connectivity index (χ1) is 18.8. The molecule has 11 nitrogen and oxygen atoms in total. The van der Waals surface area contributed by atoms with Gasteiger partial charge in [-0.1, -0.05) is 25.7 Å². The number of rotatable bonds is 14. The largest absolute Gasteiger partial charge is 0.383 e. The molecule has 0 bridgehead atoms. The Labute approximate surface area is 234 Å². The Hall–Kier alpha value is -1.49. The minimum absolute atomic E-state index is 0.0997. The molecular formula is C27H51N8O3P. The van der Waals surface area contributed by atoms with Crippen LogP contribution in [0.4, 0.5) is 17.6 Å². The van der Waals surface area contributed by atoms with Gasteiger partial charge in [-0.3, -0.25) is 9.46 Å². The van der Waals surface area contributed by atoms with Gasteiger partial charge in [0.2, 0.25) is 5.95 Å². The number of nitrogen functional groups attached to an aromatic ring is 1. The maximum atomic E-state index is 11.2. The van der Waals surface area contributed by atoms with Crippen LogP contribution in [0.2, 0.25) is 0 Å². The summed E-state index contributed by atoms with van der Waals surface area (Å²) in [7, 11) is -3.96. The van der Waals surface area contributed by atoms with Gasteiger partial charge in [0.25, 0.3) is 0 Å². The topological polar surface area (TPSA) is 152 Å². The van der Waals surface area contributed by atoms with Gasteiger partial charge < -0.3 is 36.4 Å². The Balaban J connectivity index is 1.13. The summed E-state index contributed by atoms with van der Waals surface area (Å²) in [6.45, 7) is 7.56. The molecule has 2 heterocycles. The summed E-state index contributed by atoms with van der Waals surface area (Å²) < 4.78 is 11.2. The van der Waals surface area contributed by atoms with Gasteiger partial charge in [-0.05, 0) is 70.0 Å². The van der Waals surface area contributed by atoms with Crippen LogP contribution in [0.5, 0.6) is 0 Å². The van der Waals surface area contributed by atoms with Crippen molar-refractivity contribution in [2.45, 2.75) is 70.3 Å². The van der Waals surface area contributed by atoms with E-state index in [-0.39, 0.29) is 6.16 Å². The van der Waals surface area contributed by atoms with Crippen LogP contribution in [0, 0.1) is 11.8 Å². The van der Waals surface area contributed by atoms with Gasteiger partial charge >= 0.3 is 7.60 Å². The molecule has 2 saturated carbocycles. The van der Waals surface area contributed by atoms with Crippen molar-refractivity contribution in [3.05, 3.63) is 6.07 Å². The molecule has 39 heavy (non-hydrogen) atoms. The van der Waals surface area contributed by atoms with Crippen molar-refractivity contribution in [1.82, 2.24) is 25.5 Å². The molecule has 0 amide bonds. The van der Waals surface area contributed by atoms with Crippen LogP contribution in [0.3, 0.4) is 0 Å². The SMILES string of the molecule is Nc1cc(N2CCN(CCP(=O)(O)O)CC2)nc(NC[C@H]2CCC[C@H](CNCCCNC3CCCCC3)C2)n1. The van der Waals surface area contributed by atoms with E-state index in [0.717, 1.165) is 70.1 Å². The molecule has 4 rings (SSSR count). The molecule has 0 spiro atoms. The van der Waals surface area contributed by atoms with Crippen LogP contribution >= 0.6 is 7.60 Å². The van der Waals surface area contributed by atoms with E-state index in [1.54, 1.807) is 0 Å². The molecule has 222 valence electrons. The predicted octanol–water partition coefficient (Wildman–Crippen LogP) is 2.48. The molecule has 3 fully saturated rings. The maximum Gasteiger partial charge on any atom is 0.326 e. The van der Waals surface area contributed by atoms with E-state index >= 15 is 0 Å². The molecule has 7 N–H and O–H groups in total. The molecule has 1 aromatic heterocycles. The van der Waals surface area contributed by atoms with Gasteiger partial charge in [-0.25, -0.2) is 0 Å². The number of hydrogen-bond donors (Lipinski definition) is 6. The highest BCUT2D eigenvalue weighted by atomic mass is 31.2. The monoisotopic (exact) mass is 566 g/mol. The minimum Gasteiger partial charge on any atom is -0.383 e. The summed E-state index contributed by atoms with van der Waals surface area (Å²) in [5.41, 5.74) is 6.12. The van der Waals surface area contributed by atoms with Crippen LogP contribution in [0.15, 0.2) is 6.07 Å². The Bertz CT molecular complexity index is 905. The average Bonchev–Trinajstić information content (AvgIpc) is 2.93. The summed E-state index contributed by atoms with van der Waals surface area (Å²) in [4.78, 5) is 31.7. The number of nitrogens with two attached hydrogens (primary N) is 1. The normalized spacial score (nSPS) is 23.7. The second-order valence-electron chi connectivity index (χ2n) is 11.8. The highest BCUT2D eigenvalue weighted by Crippen LogP contribution is 2.34. The van der Waals surface area contributed by atoms with Crippen LogP contribution < -0.4 is 26.6 Å². The van der Waals surface area contributed by atoms with Gasteiger partial charge in [0.05, 0.1) is 6.16 Å². The van der Waals surface area contributed by atoms with E-state index in [2.05, 4.69) is 30.7 Å². The second kappa shape index (κ2) is 15.5. The molecule has 12 heteroatoms. The van der Waals surface area contributed by atoms with Crippen molar-refractivity contribution in [3.63, 3.8) is 0 Å². The smallest absolute Gasteiger partial charge is 0.326 e. The van der Waals surface area contributed by atoms with Crippen molar-refractivity contribution < 1.29 is 14.4 Å². The molecule has 1 saturated heterocycles. The lowest BCUT2D eigenvalue weighted by Crippen LogP contribution is -2.47. The summed E-state index contributed by atoms with van der Waals surface area (Å²) in [6, 6.07) is 2.56. The molecule has 1 aliphatic heterocycles. The number of piperazine rings is 1. The Kier molecular flexibility index (Phi) is 12.1. The van der Waals surface area contributed by atoms with Crippen LogP contribution in [-0.2, 0) is 4.57 Å². The summed E-state index contributed by atoms with van der Waals surface area (Å²) in [6.07, 6.45) is 13.1. The van der Waals surface area contributed by atoms with Gasteiger partial charge in [0.15, 0.2) is 0 Å². The molecule has 2 aliphatic carbocycles. The standard InChI is InChI=1S/C27H51N8O3P/c28-25-19-26(35-14-12-34(13-15-35)16-17-39(36,37)38)33-27(32-25)31-21-23-7-4-6-22(18-23)20-29-10-5-11-30-24-8-2-1-3-9-24/h19,22-24,29-30H,1-18,20-21H2,(H2,36,37,38)(H3,28,31,32,33)/t22-,23-/m0/s1. The molecule has 1 aromatic rings. The van der Waals surface area contributed by atoms with Gasteiger partial charge in [0, 0.05) is 51.4 Å². The maximum absolute atomic E-state index is 11.2. The van der Waals surface area contributed by atoms with E-state index in [9.17, 15) is 4.57 Å². The number of anilines is 3. The van der Waals surface area contributed by atoms with Crippen molar-refractivity contribution in [1.29, 1.82) is 0 Å². The third-order valence-electron chi connectivity index (χ3n) is 8.58. The second-order valence-corrected chi connectivity index (χ2v) is 13.6. The Morgan fingerprint density at radius 1 is 0.949 bits per heavy atom. The number of aromatic nitrogens is 2. The van der Waals surface area contributed by atoms with Crippen LogP contribution in [0.25, 0.3) is 0 Å². The van der Waals surface area contributed by atoms with Gasteiger partial charge in [-0.2, -0.15) is 9.97 Å². The highest BCUT2D eigenvalue weighted by Gasteiger charge is 2.24. The Morgan fingerprint density at radius 3 is 2.44 bits per heavy atom. The fraction of sp³-hybridized carbons (Fsp3) is 0.852. The van der Waals surface area contributed by atoms with Crippen molar-refractivity contribution >= 4 is 25.2 Å². The number of nitrogens with one attached hydrogen (secondary N) is 3. The van der Waals surface area contributed by atoms with E-state index < -0.39 is 7.60 Å². The lowest BCUT2D eigenvalue weighted by molar-refractivity contribution is 0.263. The summed E-state index contributed by atoms with van der Waals surface area (Å²) >= 11 is 0. The lowest BCUT2D eigenvalue weighted by atomic mass is 9.81. The van der Waals surface area contributed by atoms with Crippen molar-refractivity contribution in [2.75, 3.05) is 81.0 Å². The van der Waals surface area contributed by atoms with Gasteiger partial charge in [0.1, 0.15) is 11.6 Å². The summed E-state index contributed by atoms with van der Waals surface area (Å²) in [5, 5.41) is 10.9. The first-order valence-corrected chi connectivity index (χ1v) is 17.0. The van der Waals surface area contributed by atoms with Crippen molar-refractivity contribution in [3.8, 4) is 0 Å². The van der Waals surface area contributed by atoms with E-state index in [0.29, 0.717) is 24.2 Å². The van der Waals surface area contributed by atoms with E-state index in [1.807, 2.05) is 6.07 Å². The summed E-state index contributed by atoms with van der Waals surface area (Å²) in [5.74, 6) is 3.19. The molecule has 0 aromatic carbocycles. The molecule has 2 atom stereocenters. The zero-order valence-corrected chi connectivity index (χ0v) is 24.5. The highest BCUT2D eigenvalue weighted by molar-refractivity contribution is 7.51. The zero-order valence-electron chi connectivity index (χ0n) is 23.6.